The van der Waals surface area contributed by atoms with Crippen molar-refractivity contribution in [3.05, 3.63) is 21.4 Å². The van der Waals surface area contributed by atoms with Crippen molar-refractivity contribution in [2.45, 2.75) is 25.5 Å². The number of carboxylic acid groups (broad SMARTS) is 1. The Morgan fingerprint density at radius 2 is 2.26 bits per heavy atom. The van der Waals surface area contributed by atoms with Crippen molar-refractivity contribution in [2.75, 3.05) is 18.8 Å². The van der Waals surface area contributed by atoms with E-state index in [-0.39, 0.29) is 18.9 Å². The zero-order valence-electron chi connectivity index (χ0n) is 10.8. The number of thioether (sulfide) groups is 1. The molecule has 0 unspecified atom stereocenters. The van der Waals surface area contributed by atoms with Crippen LogP contribution >= 0.6 is 23.1 Å². The van der Waals surface area contributed by atoms with Crippen molar-refractivity contribution in [3.63, 3.8) is 0 Å². The van der Waals surface area contributed by atoms with Gasteiger partial charge in [-0.1, -0.05) is 0 Å². The van der Waals surface area contributed by atoms with Crippen LogP contribution in [0.5, 0.6) is 0 Å². The normalized spacial score (nSPS) is 13.9. The molecule has 1 amide bonds. The second-order valence-electron chi connectivity index (χ2n) is 4.39. The Hall–Kier alpha value is -1.01. The van der Waals surface area contributed by atoms with Gasteiger partial charge in [0.2, 0.25) is 0 Å². The highest BCUT2D eigenvalue weighted by atomic mass is 32.2. The first-order valence-corrected chi connectivity index (χ1v) is 8.29. The van der Waals surface area contributed by atoms with Crippen LogP contribution in [0.1, 0.15) is 33.5 Å². The van der Waals surface area contributed by atoms with E-state index in [9.17, 15) is 9.59 Å². The lowest BCUT2D eigenvalue weighted by Crippen LogP contribution is -2.32. The van der Waals surface area contributed by atoms with Gasteiger partial charge in [-0.05, 0) is 30.7 Å². The highest BCUT2D eigenvalue weighted by molar-refractivity contribution is 7.98. The van der Waals surface area contributed by atoms with Crippen LogP contribution in [0.2, 0.25) is 0 Å². The first-order chi connectivity index (χ1) is 9.11. The molecule has 1 N–H and O–H groups in total. The zero-order chi connectivity index (χ0) is 13.8. The number of fused-ring (bicyclic) bond motifs is 1. The molecule has 0 spiro atoms. The molecule has 0 atom stereocenters. The molecule has 2 rings (SSSR count). The SMILES string of the molecule is CCN(CCC(=O)O)C(=O)c1cc2c(s1)CCSC2. The van der Waals surface area contributed by atoms with Crippen LogP contribution in [0.15, 0.2) is 6.07 Å². The van der Waals surface area contributed by atoms with Crippen molar-refractivity contribution in [1.82, 2.24) is 4.90 Å². The van der Waals surface area contributed by atoms with Crippen LogP contribution in [0.4, 0.5) is 0 Å². The summed E-state index contributed by atoms with van der Waals surface area (Å²) in [4.78, 5) is 26.6. The van der Waals surface area contributed by atoms with Crippen molar-refractivity contribution in [2.24, 2.45) is 0 Å². The Morgan fingerprint density at radius 1 is 1.47 bits per heavy atom. The molecule has 0 bridgehead atoms. The maximum atomic E-state index is 12.3. The number of rotatable bonds is 5. The molecule has 0 aromatic carbocycles. The Bertz CT molecular complexity index is 461. The Labute approximate surface area is 120 Å². The Balaban J connectivity index is 2.08. The fourth-order valence-corrected chi connectivity index (χ4v) is 4.38. The highest BCUT2D eigenvalue weighted by Crippen LogP contribution is 2.32. The third-order valence-corrected chi connectivity index (χ3v) is 5.34. The molecule has 1 aromatic rings. The van der Waals surface area contributed by atoms with Gasteiger partial charge < -0.3 is 10.0 Å². The molecule has 104 valence electrons. The van der Waals surface area contributed by atoms with Gasteiger partial charge in [-0.25, -0.2) is 0 Å². The maximum absolute atomic E-state index is 12.3. The third kappa shape index (κ3) is 3.51. The van der Waals surface area contributed by atoms with Gasteiger partial charge in [0, 0.05) is 23.7 Å². The van der Waals surface area contributed by atoms with E-state index >= 15 is 0 Å². The van der Waals surface area contributed by atoms with Crippen molar-refractivity contribution < 1.29 is 14.7 Å². The van der Waals surface area contributed by atoms with Crippen LogP contribution in [0.3, 0.4) is 0 Å². The molecular formula is C13H17NO3S2. The minimum absolute atomic E-state index is 0.000517. The van der Waals surface area contributed by atoms with E-state index in [1.165, 1.54) is 10.4 Å². The molecule has 6 heteroatoms. The molecule has 1 aromatic heterocycles. The minimum Gasteiger partial charge on any atom is -0.481 e. The lowest BCUT2D eigenvalue weighted by atomic mass is 10.2. The molecule has 19 heavy (non-hydrogen) atoms. The molecule has 2 heterocycles. The minimum atomic E-state index is -0.867. The molecule has 0 aliphatic carbocycles. The predicted octanol–water partition coefficient (Wildman–Crippen LogP) is 2.47. The largest absolute Gasteiger partial charge is 0.481 e. The fourth-order valence-electron chi connectivity index (χ4n) is 2.04. The number of hydrogen-bond acceptors (Lipinski definition) is 4. The average Bonchev–Trinajstić information content (AvgIpc) is 2.82. The van der Waals surface area contributed by atoms with Gasteiger partial charge in [0.05, 0.1) is 11.3 Å². The Morgan fingerprint density at radius 3 is 2.89 bits per heavy atom. The molecule has 1 aliphatic heterocycles. The van der Waals surface area contributed by atoms with Gasteiger partial charge in [0.1, 0.15) is 0 Å². The lowest BCUT2D eigenvalue weighted by Gasteiger charge is -2.18. The molecule has 4 nitrogen and oxygen atoms in total. The molecule has 1 aliphatic rings. The van der Waals surface area contributed by atoms with E-state index in [1.807, 2.05) is 24.8 Å². The third-order valence-electron chi connectivity index (χ3n) is 3.10. The van der Waals surface area contributed by atoms with Gasteiger partial charge in [0.25, 0.3) is 5.91 Å². The maximum Gasteiger partial charge on any atom is 0.305 e. The van der Waals surface area contributed by atoms with Crippen LogP contribution in [0.25, 0.3) is 0 Å². The van der Waals surface area contributed by atoms with Gasteiger partial charge in [-0.15, -0.1) is 11.3 Å². The number of thiophene rings is 1. The van der Waals surface area contributed by atoms with Gasteiger partial charge in [0.15, 0.2) is 0 Å². The second-order valence-corrected chi connectivity index (χ2v) is 6.63. The molecule has 0 saturated carbocycles. The summed E-state index contributed by atoms with van der Waals surface area (Å²) in [6, 6.07) is 1.98. The quantitative estimate of drug-likeness (QED) is 0.907. The first kappa shape index (κ1) is 14.4. The fraction of sp³-hybridized carbons (Fsp3) is 0.538. The number of hydrogen-bond donors (Lipinski definition) is 1. The smallest absolute Gasteiger partial charge is 0.305 e. The van der Waals surface area contributed by atoms with Crippen LogP contribution < -0.4 is 0 Å². The number of nitrogens with zero attached hydrogens (tertiary/aromatic N) is 1. The summed E-state index contributed by atoms with van der Waals surface area (Å²) in [7, 11) is 0. The van der Waals surface area contributed by atoms with Crippen molar-refractivity contribution in [3.8, 4) is 0 Å². The van der Waals surface area contributed by atoms with Crippen molar-refractivity contribution >= 4 is 35.0 Å². The highest BCUT2D eigenvalue weighted by Gasteiger charge is 2.21. The van der Waals surface area contributed by atoms with E-state index < -0.39 is 5.97 Å². The summed E-state index contributed by atoms with van der Waals surface area (Å²) < 4.78 is 0. The molecule has 0 saturated heterocycles. The van der Waals surface area contributed by atoms with E-state index in [2.05, 4.69) is 0 Å². The number of carbonyl (C=O) groups excluding carboxylic acids is 1. The Kier molecular flexibility index (Phi) is 4.87. The summed E-state index contributed by atoms with van der Waals surface area (Å²) in [5.74, 6) is 1.21. The lowest BCUT2D eigenvalue weighted by molar-refractivity contribution is -0.137. The van der Waals surface area contributed by atoms with E-state index in [0.717, 1.165) is 22.8 Å². The summed E-state index contributed by atoms with van der Waals surface area (Å²) in [6.45, 7) is 2.70. The molecular weight excluding hydrogens is 282 g/mol. The molecule has 0 radical (unpaired) electrons. The van der Waals surface area contributed by atoms with E-state index in [4.69, 9.17) is 5.11 Å². The molecule has 0 fully saturated rings. The predicted molar refractivity (Wildman–Crippen MR) is 78.0 cm³/mol. The summed E-state index contributed by atoms with van der Waals surface area (Å²) in [5.41, 5.74) is 1.28. The number of aliphatic carboxylic acids is 1. The number of carbonyl (C=O) groups is 2. The van der Waals surface area contributed by atoms with Gasteiger partial charge in [-0.2, -0.15) is 11.8 Å². The topological polar surface area (TPSA) is 57.6 Å². The van der Waals surface area contributed by atoms with Crippen molar-refractivity contribution in [1.29, 1.82) is 0 Å². The van der Waals surface area contributed by atoms with E-state index in [0.29, 0.717) is 6.54 Å². The summed E-state index contributed by atoms with van der Waals surface area (Å²) in [6.07, 6.45) is 1.04. The first-order valence-electron chi connectivity index (χ1n) is 6.32. The number of carboxylic acids is 1. The zero-order valence-corrected chi connectivity index (χ0v) is 12.5. The van der Waals surface area contributed by atoms with Crippen LogP contribution in [-0.2, 0) is 17.0 Å². The number of aryl methyl sites for hydroxylation is 1. The van der Waals surface area contributed by atoms with Gasteiger partial charge >= 0.3 is 5.97 Å². The average molecular weight is 299 g/mol. The second kappa shape index (κ2) is 6.43. The van der Waals surface area contributed by atoms with Crippen LogP contribution in [0, 0.1) is 0 Å². The summed E-state index contributed by atoms with van der Waals surface area (Å²) >= 11 is 3.46. The monoisotopic (exact) mass is 299 g/mol. The van der Waals surface area contributed by atoms with Crippen LogP contribution in [-0.4, -0.2) is 40.7 Å². The standard InChI is InChI=1S/C13H17NO3S2/c1-2-14(5-3-12(15)16)13(17)11-7-9-8-18-6-4-10(9)19-11/h7H,2-6,8H2,1H3,(H,15,16). The van der Waals surface area contributed by atoms with E-state index in [1.54, 1.807) is 16.2 Å². The number of amides is 1. The van der Waals surface area contributed by atoms with Gasteiger partial charge in [-0.3, -0.25) is 9.59 Å². The summed E-state index contributed by atoms with van der Waals surface area (Å²) in [5, 5.41) is 8.70.